The Morgan fingerprint density at radius 1 is 1.50 bits per heavy atom. The minimum absolute atomic E-state index is 0.0706. The van der Waals surface area contributed by atoms with Crippen molar-refractivity contribution in [3.63, 3.8) is 0 Å². The molecule has 0 aromatic heterocycles. The lowest BCUT2D eigenvalue weighted by atomic mass is 10.1. The Balaban J connectivity index is 0. The van der Waals surface area contributed by atoms with Gasteiger partial charge in [-0.2, -0.15) is 0 Å². The number of hydrogen-bond acceptors (Lipinski definition) is 3. The van der Waals surface area contributed by atoms with Crippen LogP contribution in [-0.4, -0.2) is 35.8 Å². The Morgan fingerprint density at radius 2 is 1.86 bits per heavy atom. The minimum atomic E-state index is -3.56. The molecule has 1 N–H and O–H groups in total. The van der Waals surface area contributed by atoms with E-state index in [1.54, 1.807) is 0 Å². The Morgan fingerprint density at radius 3 is 1.93 bits per heavy atom. The highest BCUT2D eigenvalue weighted by atomic mass is 79.9. The number of alkyl halides is 1. The summed E-state index contributed by atoms with van der Waals surface area (Å²) in [6, 6.07) is 0. The molecule has 1 unspecified atom stereocenters. The SMILES string of the molecule is C=C.CC(CCBr)(C(=O)O)S(C)(=O)=O. The molecule has 4 nitrogen and oxygen atoms in total. The lowest BCUT2D eigenvalue weighted by molar-refractivity contribution is -0.139. The summed E-state index contributed by atoms with van der Waals surface area (Å²) in [6.07, 6.45) is 1.00. The topological polar surface area (TPSA) is 71.4 Å². The van der Waals surface area contributed by atoms with Crippen LogP contribution in [0.15, 0.2) is 13.2 Å². The first-order valence-corrected chi connectivity index (χ1v) is 6.76. The van der Waals surface area contributed by atoms with Gasteiger partial charge in [0, 0.05) is 11.6 Å². The second kappa shape index (κ2) is 6.19. The maximum absolute atomic E-state index is 11.1. The molecule has 6 heteroatoms. The Hall–Kier alpha value is -0.360. The van der Waals surface area contributed by atoms with Crippen molar-refractivity contribution in [2.75, 3.05) is 11.6 Å². The lowest BCUT2D eigenvalue weighted by Crippen LogP contribution is -2.43. The monoisotopic (exact) mass is 286 g/mol. The average Bonchev–Trinajstić information content (AvgIpc) is 2.06. The van der Waals surface area contributed by atoms with Crippen LogP contribution in [0.3, 0.4) is 0 Å². The quantitative estimate of drug-likeness (QED) is 0.627. The molecule has 0 radical (unpaired) electrons. The molecule has 14 heavy (non-hydrogen) atoms. The van der Waals surface area contributed by atoms with Crippen molar-refractivity contribution < 1.29 is 18.3 Å². The molecule has 0 rings (SSSR count). The third-order valence-electron chi connectivity index (χ3n) is 1.84. The van der Waals surface area contributed by atoms with Crippen LogP contribution < -0.4 is 0 Å². The standard InChI is InChI=1S/C6H11BrO4S.C2H4/c1-6(3-4-7,5(8)9)12(2,10)11;1-2/h3-4H2,1-2H3,(H,8,9);1-2H2. The summed E-state index contributed by atoms with van der Waals surface area (Å²) in [5.41, 5.74) is 0. The molecule has 0 aromatic carbocycles. The fourth-order valence-corrected chi connectivity index (χ4v) is 2.48. The molecule has 0 aliphatic rings. The Labute approximate surface area is 93.1 Å². The number of carboxylic acid groups (broad SMARTS) is 1. The van der Waals surface area contributed by atoms with Gasteiger partial charge in [-0.15, -0.1) is 13.2 Å². The van der Waals surface area contributed by atoms with Gasteiger partial charge >= 0.3 is 5.97 Å². The van der Waals surface area contributed by atoms with E-state index in [0.717, 1.165) is 6.26 Å². The van der Waals surface area contributed by atoms with Crippen molar-refractivity contribution in [1.82, 2.24) is 0 Å². The third kappa shape index (κ3) is 3.79. The van der Waals surface area contributed by atoms with Gasteiger partial charge in [0.2, 0.25) is 0 Å². The van der Waals surface area contributed by atoms with Crippen molar-refractivity contribution in [3.8, 4) is 0 Å². The van der Waals surface area contributed by atoms with Crippen LogP contribution in [0.5, 0.6) is 0 Å². The molecule has 0 saturated heterocycles. The van der Waals surface area contributed by atoms with Crippen LogP contribution in [-0.2, 0) is 14.6 Å². The molecule has 0 spiro atoms. The molecule has 0 aliphatic carbocycles. The van der Waals surface area contributed by atoms with Crippen molar-refractivity contribution >= 4 is 31.7 Å². The Bertz CT molecular complexity index is 286. The largest absolute Gasteiger partial charge is 0.480 e. The van der Waals surface area contributed by atoms with Gasteiger partial charge in [0.15, 0.2) is 14.6 Å². The molecule has 0 amide bonds. The summed E-state index contributed by atoms with van der Waals surface area (Å²) < 4.78 is 20.5. The van der Waals surface area contributed by atoms with E-state index in [2.05, 4.69) is 29.1 Å². The molecule has 0 aliphatic heterocycles. The summed E-state index contributed by atoms with van der Waals surface area (Å²) in [7, 11) is -3.56. The molecule has 84 valence electrons. The van der Waals surface area contributed by atoms with Crippen molar-refractivity contribution in [2.45, 2.75) is 18.1 Å². The number of rotatable bonds is 4. The number of hydrogen-bond donors (Lipinski definition) is 1. The molecule has 1 atom stereocenters. The van der Waals surface area contributed by atoms with Crippen LogP contribution in [0.25, 0.3) is 0 Å². The number of carbonyl (C=O) groups is 1. The zero-order valence-electron chi connectivity index (χ0n) is 8.29. The predicted molar refractivity (Wildman–Crippen MR) is 60.5 cm³/mol. The zero-order valence-corrected chi connectivity index (χ0v) is 10.7. The van der Waals surface area contributed by atoms with Gasteiger partial charge in [-0.3, -0.25) is 4.79 Å². The normalized spacial score (nSPS) is 14.8. The first-order chi connectivity index (χ1) is 6.25. The fraction of sp³-hybridized carbons (Fsp3) is 0.625. The summed E-state index contributed by atoms with van der Waals surface area (Å²) in [5.74, 6) is -1.30. The van der Waals surface area contributed by atoms with Gasteiger partial charge < -0.3 is 5.11 Å². The summed E-state index contributed by atoms with van der Waals surface area (Å²) in [4.78, 5) is 10.7. The predicted octanol–water partition coefficient (Wildman–Crippen LogP) is 1.46. The zero-order chi connectivity index (χ0) is 12.0. The molecule has 0 bridgehead atoms. The number of carboxylic acids is 1. The second-order valence-electron chi connectivity index (χ2n) is 2.75. The maximum atomic E-state index is 11.1. The van der Waals surface area contributed by atoms with Crippen LogP contribution in [0.4, 0.5) is 0 Å². The molecule has 0 heterocycles. The number of sulfone groups is 1. The van der Waals surface area contributed by atoms with Gasteiger partial charge in [0.25, 0.3) is 0 Å². The highest BCUT2D eigenvalue weighted by Gasteiger charge is 2.42. The van der Waals surface area contributed by atoms with E-state index in [0.29, 0.717) is 5.33 Å². The van der Waals surface area contributed by atoms with E-state index < -0.39 is 20.6 Å². The molecular formula is C8H15BrO4S. The van der Waals surface area contributed by atoms with Gasteiger partial charge in [-0.25, -0.2) is 8.42 Å². The van der Waals surface area contributed by atoms with Crippen LogP contribution >= 0.6 is 15.9 Å². The summed E-state index contributed by atoms with van der Waals surface area (Å²) in [6.45, 7) is 7.21. The van der Waals surface area contributed by atoms with E-state index in [4.69, 9.17) is 5.11 Å². The molecular weight excluding hydrogens is 272 g/mol. The molecule has 0 saturated carbocycles. The molecule has 0 fully saturated rings. The van der Waals surface area contributed by atoms with Gasteiger partial charge in [-0.1, -0.05) is 15.9 Å². The minimum Gasteiger partial charge on any atom is -0.480 e. The maximum Gasteiger partial charge on any atom is 0.324 e. The number of aliphatic carboxylic acids is 1. The first-order valence-electron chi connectivity index (χ1n) is 3.74. The lowest BCUT2D eigenvalue weighted by Gasteiger charge is -2.21. The van der Waals surface area contributed by atoms with E-state index in [1.165, 1.54) is 6.92 Å². The van der Waals surface area contributed by atoms with Gasteiger partial charge in [-0.05, 0) is 13.3 Å². The third-order valence-corrected chi connectivity index (χ3v) is 4.25. The fourth-order valence-electron chi connectivity index (χ4n) is 0.631. The second-order valence-corrected chi connectivity index (χ2v) is 5.99. The van der Waals surface area contributed by atoms with Gasteiger partial charge in [0.1, 0.15) is 0 Å². The highest BCUT2D eigenvalue weighted by molar-refractivity contribution is 9.09. The van der Waals surface area contributed by atoms with Crippen molar-refractivity contribution in [3.05, 3.63) is 13.2 Å². The van der Waals surface area contributed by atoms with Crippen molar-refractivity contribution in [1.29, 1.82) is 0 Å². The van der Waals surface area contributed by atoms with Crippen LogP contribution in [0.2, 0.25) is 0 Å². The van der Waals surface area contributed by atoms with Gasteiger partial charge in [0.05, 0.1) is 0 Å². The van der Waals surface area contributed by atoms with Crippen LogP contribution in [0.1, 0.15) is 13.3 Å². The summed E-state index contributed by atoms with van der Waals surface area (Å²) >= 11 is 3.02. The van der Waals surface area contributed by atoms with E-state index in [9.17, 15) is 13.2 Å². The van der Waals surface area contributed by atoms with Crippen molar-refractivity contribution in [2.24, 2.45) is 0 Å². The first kappa shape index (κ1) is 16.1. The molecule has 0 aromatic rings. The average molecular weight is 287 g/mol. The van der Waals surface area contributed by atoms with E-state index >= 15 is 0 Å². The van der Waals surface area contributed by atoms with E-state index in [1.807, 2.05) is 0 Å². The van der Waals surface area contributed by atoms with E-state index in [-0.39, 0.29) is 6.42 Å². The number of halogens is 1. The highest BCUT2D eigenvalue weighted by Crippen LogP contribution is 2.21. The summed E-state index contributed by atoms with van der Waals surface area (Å²) in [5, 5.41) is 9.05. The van der Waals surface area contributed by atoms with Crippen LogP contribution in [0, 0.1) is 0 Å². The Kier molecular flexibility index (Phi) is 7.11. The smallest absolute Gasteiger partial charge is 0.324 e.